The van der Waals surface area contributed by atoms with E-state index >= 15 is 0 Å². The van der Waals surface area contributed by atoms with Gasteiger partial charge >= 0.3 is 0 Å². The van der Waals surface area contributed by atoms with Gasteiger partial charge in [0.25, 0.3) is 0 Å². The molecule has 2 N–H and O–H groups in total. The fourth-order valence-electron chi connectivity index (χ4n) is 2.50. The van der Waals surface area contributed by atoms with E-state index in [2.05, 4.69) is 26.0 Å². The van der Waals surface area contributed by atoms with Crippen molar-refractivity contribution in [1.82, 2.24) is 0 Å². The third kappa shape index (κ3) is 3.24. The minimum absolute atomic E-state index is 0.256. The van der Waals surface area contributed by atoms with E-state index in [1.807, 2.05) is 0 Å². The normalized spacial score (nSPS) is 19.8. The molecular weight excluding hydrogens is 226 g/mol. The summed E-state index contributed by atoms with van der Waals surface area (Å²) in [4.78, 5) is 0. The molecule has 3 heteroatoms. The van der Waals surface area contributed by atoms with E-state index in [4.69, 9.17) is 15.2 Å². The summed E-state index contributed by atoms with van der Waals surface area (Å²) in [6.07, 6.45) is 3.79. The smallest absolute Gasteiger partial charge is 0.125 e. The van der Waals surface area contributed by atoms with Gasteiger partial charge in [0.1, 0.15) is 12.4 Å². The van der Waals surface area contributed by atoms with Gasteiger partial charge in [-0.05, 0) is 49.8 Å². The molecule has 0 aliphatic carbocycles. The zero-order valence-corrected chi connectivity index (χ0v) is 11.4. The summed E-state index contributed by atoms with van der Waals surface area (Å²) in [6.45, 7) is 6.25. The van der Waals surface area contributed by atoms with Gasteiger partial charge in [0.05, 0.1) is 6.10 Å². The van der Waals surface area contributed by atoms with Gasteiger partial charge in [-0.1, -0.05) is 12.1 Å². The molecule has 1 saturated heterocycles. The van der Waals surface area contributed by atoms with Crippen LogP contribution in [0.25, 0.3) is 0 Å². The molecule has 100 valence electrons. The molecule has 0 bridgehead atoms. The number of hydrogen-bond donors (Lipinski definition) is 1. The third-order valence-electron chi connectivity index (χ3n) is 3.44. The SMILES string of the molecule is Cc1cc(CN)cc(C)c1OCC1CCCCO1. The molecule has 1 fully saturated rings. The number of nitrogens with two attached hydrogens (primary N) is 1. The molecule has 18 heavy (non-hydrogen) atoms. The Labute approximate surface area is 109 Å². The van der Waals surface area contributed by atoms with Crippen LogP contribution >= 0.6 is 0 Å². The quantitative estimate of drug-likeness (QED) is 0.892. The lowest BCUT2D eigenvalue weighted by atomic mass is 10.1. The van der Waals surface area contributed by atoms with Crippen LogP contribution in [0, 0.1) is 13.8 Å². The molecule has 3 nitrogen and oxygen atoms in total. The number of aryl methyl sites for hydroxylation is 2. The Balaban J connectivity index is 2.00. The van der Waals surface area contributed by atoms with Gasteiger partial charge in [-0.3, -0.25) is 0 Å². The predicted octanol–water partition coefficient (Wildman–Crippen LogP) is 2.71. The zero-order chi connectivity index (χ0) is 13.0. The van der Waals surface area contributed by atoms with E-state index < -0.39 is 0 Å². The lowest BCUT2D eigenvalue weighted by Gasteiger charge is -2.23. The van der Waals surface area contributed by atoms with E-state index in [-0.39, 0.29) is 6.10 Å². The standard InChI is InChI=1S/C15H23NO2/c1-11-7-13(9-16)8-12(2)15(11)18-10-14-5-3-4-6-17-14/h7-8,14H,3-6,9-10,16H2,1-2H3. The molecule has 1 heterocycles. The van der Waals surface area contributed by atoms with Gasteiger partial charge in [-0.15, -0.1) is 0 Å². The van der Waals surface area contributed by atoms with Crippen LogP contribution in [0.15, 0.2) is 12.1 Å². The summed E-state index contributed by atoms with van der Waals surface area (Å²) in [7, 11) is 0. The van der Waals surface area contributed by atoms with Crippen molar-refractivity contribution in [2.24, 2.45) is 5.73 Å². The molecule has 0 saturated carbocycles. The van der Waals surface area contributed by atoms with Gasteiger partial charge in [-0.2, -0.15) is 0 Å². The van der Waals surface area contributed by atoms with Crippen LogP contribution in [0.2, 0.25) is 0 Å². The molecule has 0 aromatic heterocycles. The van der Waals surface area contributed by atoms with E-state index in [1.165, 1.54) is 12.8 Å². The molecule has 1 atom stereocenters. The lowest BCUT2D eigenvalue weighted by molar-refractivity contribution is -0.0113. The van der Waals surface area contributed by atoms with Crippen molar-refractivity contribution < 1.29 is 9.47 Å². The van der Waals surface area contributed by atoms with Crippen LogP contribution < -0.4 is 10.5 Å². The molecular formula is C15H23NO2. The Morgan fingerprint density at radius 2 is 2.00 bits per heavy atom. The van der Waals surface area contributed by atoms with Crippen molar-refractivity contribution in [3.05, 3.63) is 28.8 Å². The second kappa shape index (κ2) is 6.21. The fraction of sp³-hybridized carbons (Fsp3) is 0.600. The maximum atomic E-state index is 5.94. The third-order valence-corrected chi connectivity index (χ3v) is 3.44. The van der Waals surface area contributed by atoms with E-state index in [0.29, 0.717) is 13.2 Å². The van der Waals surface area contributed by atoms with Crippen molar-refractivity contribution in [3.8, 4) is 5.75 Å². The lowest BCUT2D eigenvalue weighted by Crippen LogP contribution is -2.26. The maximum Gasteiger partial charge on any atom is 0.125 e. The second-order valence-electron chi connectivity index (χ2n) is 5.06. The highest BCUT2D eigenvalue weighted by Gasteiger charge is 2.15. The Kier molecular flexibility index (Phi) is 4.61. The molecule has 1 aromatic carbocycles. The van der Waals surface area contributed by atoms with Gasteiger partial charge in [0.15, 0.2) is 0 Å². The van der Waals surface area contributed by atoms with Crippen molar-refractivity contribution in [2.75, 3.05) is 13.2 Å². The molecule has 1 aliphatic heterocycles. The van der Waals surface area contributed by atoms with Crippen LogP contribution in [0.1, 0.15) is 36.0 Å². The Morgan fingerprint density at radius 3 is 2.56 bits per heavy atom. The average Bonchev–Trinajstić information content (AvgIpc) is 2.38. The highest BCUT2D eigenvalue weighted by Crippen LogP contribution is 2.25. The van der Waals surface area contributed by atoms with Crippen molar-refractivity contribution >= 4 is 0 Å². The zero-order valence-electron chi connectivity index (χ0n) is 11.4. The molecule has 0 radical (unpaired) electrons. The summed E-state index contributed by atoms with van der Waals surface area (Å²) >= 11 is 0. The van der Waals surface area contributed by atoms with Gasteiger partial charge < -0.3 is 15.2 Å². The molecule has 1 unspecified atom stereocenters. The number of benzene rings is 1. The first-order chi connectivity index (χ1) is 8.70. The fourth-order valence-corrected chi connectivity index (χ4v) is 2.50. The topological polar surface area (TPSA) is 44.5 Å². The Hall–Kier alpha value is -1.06. The summed E-state index contributed by atoms with van der Waals surface area (Å²) in [5.41, 5.74) is 9.14. The molecule has 0 spiro atoms. The first kappa shape index (κ1) is 13.4. The largest absolute Gasteiger partial charge is 0.490 e. The summed E-state index contributed by atoms with van der Waals surface area (Å²) in [6, 6.07) is 4.20. The predicted molar refractivity (Wildman–Crippen MR) is 72.9 cm³/mol. The van der Waals surface area contributed by atoms with Crippen molar-refractivity contribution in [1.29, 1.82) is 0 Å². The van der Waals surface area contributed by atoms with Crippen LogP contribution in [0.5, 0.6) is 5.75 Å². The first-order valence-corrected chi connectivity index (χ1v) is 6.75. The molecule has 0 amide bonds. The molecule has 1 aromatic rings. The van der Waals surface area contributed by atoms with Crippen LogP contribution in [0.3, 0.4) is 0 Å². The van der Waals surface area contributed by atoms with Gasteiger partial charge in [0, 0.05) is 13.2 Å². The Bertz CT molecular complexity index is 374. The first-order valence-electron chi connectivity index (χ1n) is 6.75. The van der Waals surface area contributed by atoms with E-state index in [0.717, 1.165) is 35.5 Å². The monoisotopic (exact) mass is 249 g/mol. The van der Waals surface area contributed by atoms with Crippen LogP contribution in [-0.4, -0.2) is 19.3 Å². The van der Waals surface area contributed by atoms with Crippen LogP contribution in [0.4, 0.5) is 0 Å². The van der Waals surface area contributed by atoms with Gasteiger partial charge in [-0.25, -0.2) is 0 Å². The van der Waals surface area contributed by atoms with Crippen molar-refractivity contribution in [3.63, 3.8) is 0 Å². The summed E-state index contributed by atoms with van der Waals surface area (Å²) < 4.78 is 11.6. The van der Waals surface area contributed by atoms with Crippen molar-refractivity contribution in [2.45, 2.75) is 45.8 Å². The highest BCUT2D eigenvalue weighted by atomic mass is 16.5. The highest BCUT2D eigenvalue weighted by molar-refractivity contribution is 5.43. The van der Waals surface area contributed by atoms with E-state index in [9.17, 15) is 0 Å². The van der Waals surface area contributed by atoms with Crippen LogP contribution in [-0.2, 0) is 11.3 Å². The van der Waals surface area contributed by atoms with Gasteiger partial charge in [0.2, 0.25) is 0 Å². The molecule has 1 aliphatic rings. The Morgan fingerprint density at radius 1 is 1.28 bits per heavy atom. The number of ether oxygens (including phenoxy) is 2. The second-order valence-corrected chi connectivity index (χ2v) is 5.06. The number of rotatable bonds is 4. The maximum absolute atomic E-state index is 5.94. The minimum Gasteiger partial charge on any atom is -0.490 e. The van der Waals surface area contributed by atoms with E-state index in [1.54, 1.807) is 0 Å². The average molecular weight is 249 g/mol. The number of hydrogen-bond acceptors (Lipinski definition) is 3. The summed E-state index contributed by atoms with van der Waals surface area (Å²) in [5.74, 6) is 0.987. The minimum atomic E-state index is 0.256. The summed E-state index contributed by atoms with van der Waals surface area (Å²) in [5, 5.41) is 0. The molecule has 2 rings (SSSR count).